The molecule has 0 saturated heterocycles. The summed E-state index contributed by atoms with van der Waals surface area (Å²) in [6.45, 7) is 1.71. The molecular weight excluding hydrogens is 257 g/mol. The summed E-state index contributed by atoms with van der Waals surface area (Å²) in [6, 6.07) is 4.63. The first-order chi connectivity index (χ1) is 8.45. The molecule has 6 nitrogen and oxygen atoms in total. The van der Waals surface area contributed by atoms with Crippen molar-refractivity contribution in [2.75, 3.05) is 7.11 Å². The third kappa shape index (κ3) is 3.82. The lowest BCUT2D eigenvalue weighted by atomic mass is 10.1. The topological polar surface area (TPSA) is 89.7 Å². The Hall–Kier alpha value is -1.39. The first kappa shape index (κ1) is 14.7. The lowest BCUT2D eigenvalue weighted by Gasteiger charge is -2.08. The first-order valence-electron chi connectivity index (χ1n) is 5.49. The summed E-state index contributed by atoms with van der Waals surface area (Å²) in [5.41, 5.74) is 0.522. The number of nitro benzene ring substituents is 1. The Labute approximate surface area is 106 Å². The first-order valence-corrected chi connectivity index (χ1v) is 6.93. The minimum Gasteiger partial charge on any atom is -0.490 e. The molecule has 18 heavy (non-hydrogen) atoms. The molecule has 0 amide bonds. The Bertz CT molecular complexity index is 463. The molecule has 0 radical (unpaired) electrons. The van der Waals surface area contributed by atoms with E-state index in [1.165, 1.54) is 13.2 Å². The van der Waals surface area contributed by atoms with Crippen LogP contribution in [0.2, 0.25) is 0 Å². The zero-order valence-corrected chi connectivity index (χ0v) is 11.3. The van der Waals surface area contributed by atoms with Crippen LogP contribution in [0.1, 0.15) is 18.9 Å². The summed E-state index contributed by atoms with van der Waals surface area (Å²) in [6.07, 6.45) is 1.15. The van der Waals surface area contributed by atoms with Crippen LogP contribution in [0, 0.1) is 10.1 Å². The van der Waals surface area contributed by atoms with E-state index < -0.39 is 13.0 Å². The lowest BCUT2D eigenvalue weighted by Crippen LogP contribution is -2.00. The maximum Gasteiger partial charge on any atom is 0.310 e. The van der Waals surface area contributed by atoms with Crippen LogP contribution in [0.3, 0.4) is 0 Å². The van der Waals surface area contributed by atoms with Crippen molar-refractivity contribution in [1.29, 1.82) is 0 Å². The van der Waals surface area contributed by atoms with Crippen LogP contribution in [0.5, 0.6) is 5.75 Å². The highest BCUT2D eigenvalue weighted by Gasteiger charge is 2.15. The van der Waals surface area contributed by atoms with Gasteiger partial charge in [-0.2, -0.15) is 0 Å². The number of benzene rings is 1. The molecule has 1 aromatic carbocycles. The van der Waals surface area contributed by atoms with E-state index in [1.807, 2.05) is 0 Å². The van der Waals surface area contributed by atoms with Crippen LogP contribution in [-0.4, -0.2) is 22.6 Å². The van der Waals surface area contributed by atoms with Crippen molar-refractivity contribution in [3.8, 4) is 5.75 Å². The van der Waals surface area contributed by atoms with Gasteiger partial charge in [-0.05, 0) is 24.5 Å². The van der Waals surface area contributed by atoms with E-state index in [4.69, 9.17) is 9.63 Å². The Morgan fingerprint density at radius 3 is 2.72 bits per heavy atom. The van der Waals surface area contributed by atoms with Gasteiger partial charge >= 0.3 is 5.69 Å². The number of hydrogen-bond donors (Lipinski definition) is 1. The molecule has 0 bridgehead atoms. The fourth-order valence-corrected chi connectivity index (χ4v) is 1.93. The number of hydrogen-bond acceptors (Lipinski definition) is 4. The molecule has 0 aliphatic carbocycles. The third-order valence-corrected chi connectivity index (χ3v) is 3.86. The summed E-state index contributed by atoms with van der Waals surface area (Å²) in [7, 11) is -1.13. The van der Waals surface area contributed by atoms with E-state index in [2.05, 4.69) is 0 Å². The van der Waals surface area contributed by atoms with Crippen LogP contribution >= 0.6 is 8.03 Å². The van der Waals surface area contributed by atoms with E-state index >= 15 is 0 Å². The second kappa shape index (κ2) is 6.52. The predicted octanol–water partition coefficient (Wildman–Crippen LogP) is 2.39. The van der Waals surface area contributed by atoms with Crippen molar-refractivity contribution in [2.24, 2.45) is 0 Å². The molecule has 0 aromatic heterocycles. The van der Waals surface area contributed by atoms with E-state index in [-0.39, 0.29) is 17.1 Å². The molecule has 0 aliphatic rings. The maximum atomic E-state index is 10.9. The molecule has 2 unspecified atom stereocenters. The fraction of sp³-hybridized carbons (Fsp3) is 0.455. The number of rotatable bonds is 6. The normalized spacial score (nSPS) is 13.9. The Balaban J connectivity index is 2.80. The van der Waals surface area contributed by atoms with Gasteiger partial charge in [0.25, 0.3) is 0 Å². The van der Waals surface area contributed by atoms with Gasteiger partial charge < -0.3 is 9.63 Å². The van der Waals surface area contributed by atoms with Gasteiger partial charge in [-0.1, -0.05) is 13.0 Å². The van der Waals surface area contributed by atoms with Crippen molar-refractivity contribution in [3.63, 3.8) is 0 Å². The van der Waals surface area contributed by atoms with Crippen LogP contribution in [0.4, 0.5) is 5.69 Å². The quantitative estimate of drug-likeness (QED) is 0.488. The fourth-order valence-electron chi connectivity index (χ4n) is 1.54. The number of nitrogens with zero attached hydrogens (tertiary/aromatic N) is 1. The average molecular weight is 273 g/mol. The summed E-state index contributed by atoms with van der Waals surface area (Å²) in [5.74, 6) is 0.210. The van der Waals surface area contributed by atoms with Crippen LogP contribution in [0.15, 0.2) is 18.2 Å². The molecular formula is C11H16NO5P. The minimum absolute atomic E-state index is 0.0787. The second-order valence-electron chi connectivity index (χ2n) is 4.04. The Morgan fingerprint density at radius 1 is 1.56 bits per heavy atom. The van der Waals surface area contributed by atoms with E-state index in [1.54, 1.807) is 19.1 Å². The molecule has 1 N–H and O–H groups in total. The van der Waals surface area contributed by atoms with E-state index in [0.717, 1.165) is 5.56 Å². The highest BCUT2D eigenvalue weighted by molar-refractivity contribution is 7.38. The van der Waals surface area contributed by atoms with Gasteiger partial charge in [-0.15, -0.1) is 0 Å². The van der Waals surface area contributed by atoms with Gasteiger partial charge in [0.1, 0.15) is 0 Å². The molecule has 0 fully saturated rings. The van der Waals surface area contributed by atoms with Crippen LogP contribution in [-0.2, 0) is 11.0 Å². The predicted molar refractivity (Wildman–Crippen MR) is 68.7 cm³/mol. The summed E-state index contributed by atoms with van der Waals surface area (Å²) >= 11 is 0. The average Bonchev–Trinajstić information content (AvgIpc) is 2.34. The van der Waals surface area contributed by atoms with Gasteiger partial charge in [0.15, 0.2) is 13.8 Å². The molecule has 2 atom stereocenters. The summed E-state index contributed by atoms with van der Waals surface area (Å²) < 4.78 is 15.8. The molecule has 1 aromatic rings. The van der Waals surface area contributed by atoms with Crippen LogP contribution in [0.25, 0.3) is 0 Å². The SMILES string of the molecule is COc1cc(CCC(C)[PH](=O)O)ccc1[N+](=O)[O-]. The van der Waals surface area contributed by atoms with Crippen molar-refractivity contribution in [1.82, 2.24) is 0 Å². The molecule has 7 heteroatoms. The smallest absolute Gasteiger partial charge is 0.310 e. The number of methoxy groups -OCH3 is 1. The molecule has 0 saturated carbocycles. The standard InChI is InChI=1S/C11H16NO5P/c1-8(18(15)16)3-4-9-5-6-10(12(13)14)11(7-9)17-2/h5-8,18H,3-4H2,1-2H3,(H,15,16). The molecule has 100 valence electrons. The van der Waals surface area contributed by atoms with Gasteiger partial charge in [0, 0.05) is 11.7 Å². The number of aryl methyl sites for hydroxylation is 1. The molecule has 1 rings (SSSR count). The van der Waals surface area contributed by atoms with E-state index in [9.17, 15) is 14.7 Å². The highest BCUT2D eigenvalue weighted by Crippen LogP contribution is 2.30. The lowest BCUT2D eigenvalue weighted by molar-refractivity contribution is -0.385. The largest absolute Gasteiger partial charge is 0.490 e. The molecule has 0 aliphatic heterocycles. The van der Waals surface area contributed by atoms with Gasteiger partial charge in [0.05, 0.1) is 12.0 Å². The Kier molecular flexibility index (Phi) is 5.31. The highest BCUT2D eigenvalue weighted by atomic mass is 31.1. The van der Waals surface area contributed by atoms with Crippen molar-refractivity contribution < 1.29 is 19.1 Å². The van der Waals surface area contributed by atoms with Gasteiger partial charge in [-0.3, -0.25) is 14.7 Å². The van der Waals surface area contributed by atoms with Crippen LogP contribution < -0.4 is 4.74 Å². The molecule has 0 spiro atoms. The number of nitro groups is 1. The Morgan fingerprint density at radius 2 is 2.22 bits per heavy atom. The van der Waals surface area contributed by atoms with Crippen molar-refractivity contribution in [2.45, 2.75) is 25.4 Å². The minimum atomic E-state index is -2.51. The zero-order chi connectivity index (χ0) is 13.7. The van der Waals surface area contributed by atoms with Crippen molar-refractivity contribution >= 4 is 13.7 Å². The van der Waals surface area contributed by atoms with E-state index in [0.29, 0.717) is 12.8 Å². The zero-order valence-electron chi connectivity index (χ0n) is 10.3. The second-order valence-corrected chi connectivity index (χ2v) is 5.70. The summed E-state index contributed by atoms with van der Waals surface area (Å²) in [5, 5.41) is 10.7. The summed E-state index contributed by atoms with van der Waals surface area (Å²) in [4.78, 5) is 19.1. The maximum absolute atomic E-state index is 10.9. The number of ether oxygens (including phenoxy) is 1. The van der Waals surface area contributed by atoms with Crippen molar-refractivity contribution in [3.05, 3.63) is 33.9 Å². The third-order valence-electron chi connectivity index (χ3n) is 2.73. The molecule has 0 heterocycles. The van der Waals surface area contributed by atoms with Gasteiger partial charge in [0.2, 0.25) is 0 Å². The van der Waals surface area contributed by atoms with Gasteiger partial charge in [-0.25, -0.2) is 0 Å². The monoisotopic (exact) mass is 273 g/mol.